The Labute approximate surface area is 213 Å². The number of hydrogen-bond acceptors (Lipinski definition) is 8. The molecule has 0 bridgehead atoms. The molecule has 0 aliphatic carbocycles. The van der Waals surface area contributed by atoms with E-state index in [4.69, 9.17) is 4.98 Å². The lowest BCUT2D eigenvalue weighted by molar-refractivity contribution is -0.113. The maximum absolute atomic E-state index is 12.1. The molecule has 2 N–H and O–H groups in total. The Morgan fingerprint density at radius 1 is 1.17 bits per heavy atom. The Morgan fingerprint density at radius 2 is 2.03 bits per heavy atom. The van der Waals surface area contributed by atoms with Crippen molar-refractivity contribution < 1.29 is 9.59 Å². The molecule has 0 unspecified atom stereocenters. The van der Waals surface area contributed by atoms with Crippen LogP contribution < -0.4 is 10.0 Å². The molecule has 0 saturated heterocycles. The van der Waals surface area contributed by atoms with E-state index in [-0.39, 0.29) is 16.7 Å². The van der Waals surface area contributed by atoms with E-state index in [0.717, 1.165) is 46.3 Å². The number of benzene rings is 1. The number of nitrogens with one attached hydrogen (secondary N) is 2. The molecule has 1 aromatic carbocycles. The number of allylic oxidation sites excluding steroid dienone is 2. The van der Waals surface area contributed by atoms with Crippen molar-refractivity contribution in [3.8, 4) is 0 Å². The molecule has 0 aliphatic heterocycles. The number of nitrogens with zero attached hydrogens (tertiary/aromatic N) is 3. The third-order valence-corrected chi connectivity index (χ3v) is 6.47. The number of anilines is 1. The Morgan fingerprint density at radius 3 is 2.77 bits per heavy atom. The number of amidine groups is 1. The van der Waals surface area contributed by atoms with E-state index >= 15 is 0 Å². The summed E-state index contributed by atoms with van der Waals surface area (Å²) in [6.07, 6.45) is 7.44. The highest BCUT2D eigenvalue weighted by Gasteiger charge is 2.08. The first-order valence-corrected chi connectivity index (χ1v) is 12.7. The lowest BCUT2D eigenvalue weighted by atomic mass is 10.2. The van der Waals surface area contributed by atoms with E-state index in [1.54, 1.807) is 6.20 Å². The molecule has 0 atom stereocenters. The zero-order chi connectivity index (χ0) is 25.0. The molecule has 35 heavy (non-hydrogen) atoms. The molecule has 0 aliphatic rings. The molecule has 180 valence electrons. The first-order chi connectivity index (χ1) is 16.9. The fraction of sp³-hybridized carbons (Fsp3) is 0.192. The topological polar surface area (TPSA) is 96.3 Å². The van der Waals surface area contributed by atoms with Gasteiger partial charge in [0.15, 0.2) is 10.9 Å². The van der Waals surface area contributed by atoms with Gasteiger partial charge in [-0.3, -0.25) is 14.6 Å². The maximum Gasteiger partial charge on any atom is 0.186 e. The highest BCUT2D eigenvalue weighted by Crippen LogP contribution is 2.22. The molecule has 2 aromatic heterocycles. The third-order valence-electron chi connectivity index (χ3n) is 4.77. The zero-order valence-electron chi connectivity index (χ0n) is 19.7. The van der Waals surface area contributed by atoms with Crippen LogP contribution in [0.5, 0.6) is 0 Å². The summed E-state index contributed by atoms with van der Waals surface area (Å²) in [6.45, 7) is 7.68. The Bertz CT molecular complexity index is 1260. The van der Waals surface area contributed by atoms with Gasteiger partial charge in [0.05, 0.1) is 11.3 Å². The Kier molecular flexibility index (Phi) is 10.1. The SMILES string of the molecule is C=C/C(=C\N=C(C)NSc1ccc2nc(NCCc3cccnc3)ccc2c1)C(=O)CSC(C)=O. The number of pyridine rings is 2. The van der Waals surface area contributed by atoms with Crippen molar-refractivity contribution in [3.05, 3.63) is 84.8 Å². The van der Waals surface area contributed by atoms with Crippen LogP contribution in [-0.2, 0) is 16.0 Å². The van der Waals surface area contributed by atoms with Gasteiger partial charge in [-0.15, -0.1) is 0 Å². The van der Waals surface area contributed by atoms with Crippen LogP contribution in [0.1, 0.15) is 19.4 Å². The van der Waals surface area contributed by atoms with Gasteiger partial charge in [-0.1, -0.05) is 30.5 Å². The quantitative estimate of drug-likeness (QED) is 0.120. The van der Waals surface area contributed by atoms with E-state index < -0.39 is 0 Å². The van der Waals surface area contributed by atoms with Crippen LogP contribution in [0.4, 0.5) is 5.82 Å². The zero-order valence-corrected chi connectivity index (χ0v) is 21.3. The summed E-state index contributed by atoms with van der Waals surface area (Å²) in [7, 11) is 0. The van der Waals surface area contributed by atoms with Gasteiger partial charge in [0.2, 0.25) is 0 Å². The van der Waals surface area contributed by atoms with Crippen molar-refractivity contribution in [1.29, 1.82) is 0 Å². The van der Waals surface area contributed by atoms with Gasteiger partial charge < -0.3 is 10.0 Å². The lowest BCUT2D eigenvalue weighted by Gasteiger charge is -2.08. The summed E-state index contributed by atoms with van der Waals surface area (Å²) in [6, 6.07) is 14.1. The molecule has 7 nitrogen and oxygen atoms in total. The number of aromatic nitrogens is 2. The highest BCUT2D eigenvalue weighted by atomic mass is 32.2. The van der Waals surface area contributed by atoms with Crippen molar-refractivity contribution in [3.63, 3.8) is 0 Å². The van der Waals surface area contributed by atoms with Crippen LogP contribution in [0.2, 0.25) is 0 Å². The van der Waals surface area contributed by atoms with Crippen LogP contribution in [0.25, 0.3) is 10.9 Å². The van der Waals surface area contributed by atoms with Gasteiger partial charge >= 0.3 is 0 Å². The van der Waals surface area contributed by atoms with Crippen LogP contribution in [0.15, 0.2) is 89.2 Å². The number of aliphatic imine (C=N–C) groups is 1. The monoisotopic (exact) mass is 505 g/mol. The minimum Gasteiger partial charge on any atom is -0.370 e. The van der Waals surface area contributed by atoms with Crippen LogP contribution >= 0.6 is 23.7 Å². The van der Waals surface area contributed by atoms with Crippen LogP contribution in [0, 0.1) is 0 Å². The van der Waals surface area contributed by atoms with Gasteiger partial charge in [0, 0.05) is 47.9 Å². The van der Waals surface area contributed by atoms with E-state index in [1.807, 2.05) is 43.5 Å². The summed E-state index contributed by atoms with van der Waals surface area (Å²) in [5.41, 5.74) is 2.46. The molecule has 0 amide bonds. The van der Waals surface area contributed by atoms with Crippen molar-refractivity contribution >= 4 is 57.2 Å². The average molecular weight is 506 g/mol. The summed E-state index contributed by atoms with van der Waals surface area (Å²) >= 11 is 2.39. The molecule has 0 fully saturated rings. The molecule has 3 aromatic rings. The molecule has 9 heteroatoms. The first-order valence-electron chi connectivity index (χ1n) is 10.9. The average Bonchev–Trinajstić information content (AvgIpc) is 2.87. The van der Waals surface area contributed by atoms with E-state index in [2.05, 4.69) is 38.7 Å². The Balaban J connectivity index is 1.55. The van der Waals surface area contributed by atoms with Crippen molar-refractivity contribution in [2.24, 2.45) is 4.99 Å². The molecular weight excluding hydrogens is 478 g/mol. The van der Waals surface area contributed by atoms with Crippen molar-refractivity contribution in [2.45, 2.75) is 25.2 Å². The van der Waals surface area contributed by atoms with Gasteiger partial charge in [-0.25, -0.2) is 9.98 Å². The van der Waals surface area contributed by atoms with E-state index in [0.29, 0.717) is 11.4 Å². The number of Topliss-reactive ketones (excluding diaryl/α,β-unsaturated/α-hetero) is 1. The number of carbonyl (C=O) groups is 2. The number of rotatable bonds is 11. The largest absolute Gasteiger partial charge is 0.370 e. The molecular formula is C26H27N5O2S2. The number of hydrogen-bond donors (Lipinski definition) is 2. The molecule has 0 radical (unpaired) electrons. The summed E-state index contributed by atoms with van der Waals surface area (Å²) < 4.78 is 3.17. The third kappa shape index (κ3) is 8.70. The highest BCUT2D eigenvalue weighted by molar-refractivity contribution is 8.14. The second-order valence-corrected chi connectivity index (χ2v) is 9.53. The van der Waals surface area contributed by atoms with Crippen molar-refractivity contribution in [1.82, 2.24) is 14.7 Å². The van der Waals surface area contributed by atoms with Crippen LogP contribution in [0.3, 0.4) is 0 Å². The summed E-state index contributed by atoms with van der Waals surface area (Å²) in [5, 5.41) is 4.30. The van der Waals surface area contributed by atoms with Crippen molar-refractivity contribution in [2.75, 3.05) is 17.6 Å². The fourth-order valence-corrected chi connectivity index (χ4v) is 4.10. The number of carbonyl (C=O) groups excluding carboxylic acids is 2. The van der Waals surface area contributed by atoms with Gasteiger partial charge in [0.25, 0.3) is 0 Å². The minimum absolute atomic E-state index is 0.0802. The molecule has 2 heterocycles. The molecule has 3 rings (SSSR count). The predicted molar refractivity (Wildman–Crippen MR) is 147 cm³/mol. The molecule has 0 saturated carbocycles. The summed E-state index contributed by atoms with van der Waals surface area (Å²) in [4.78, 5) is 37.3. The minimum atomic E-state index is -0.183. The van der Waals surface area contributed by atoms with Crippen LogP contribution in [-0.4, -0.2) is 39.0 Å². The number of thioether (sulfide) groups is 1. The number of ketones is 1. The predicted octanol–water partition coefficient (Wildman–Crippen LogP) is 5.22. The fourth-order valence-electron chi connectivity index (χ4n) is 2.96. The molecule has 0 spiro atoms. The van der Waals surface area contributed by atoms with E-state index in [1.165, 1.54) is 36.7 Å². The first kappa shape index (κ1) is 26.2. The lowest BCUT2D eigenvalue weighted by Crippen LogP contribution is -2.11. The number of fused-ring (bicyclic) bond motifs is 1. The van der Waals surface area contributed by atoms with Gasteiger partial charge in [-0.2, -0.15) is 0 Å². The second-order valence-electron chi connectivity index (χ2n) is 7.50. The maximum atomic E-state index is 12.1. The standard InChI is InChI=1S/C26H27N5O2S2/c1-4-21(25(33)17-34-19(3)32)16-29-18(2)31-35-23-8-9-24-22(14-23)7-10-26(30-24)28-13-11-20-6-5-12-27-15-20/h4-10,12,14-16H,1,11,13,17H2,2-3H3,(H,28,30)(H,29,31)/b21-16+. The summed E-state index contributed by atoms with van der Waals surface area (Å²) in [5.74, 6) is 1.37. The van der Waals surface area contributed by atoms with Gasteiger partial charge in [-0.05, 0) is 67.3 Å². The normalized spacial score (nSPS) is 11.8. The van der Waals surface area contributed by atoms with E-state index in [9.17, 15) is 9.59 Å². The Hall–Kier alpha value is -3.43. The van der Waals surface area contributed by atoms with Gasteiger partial charge in [0.1, 0.15) is 11.7 Å². The second kappa shape index (κ2) is 13.5. The smallest absolute Gasteiger partial charge is 0.186 e.